The van der Waals surface area contributed by atoms with Crippen molar-refractivity contribution in [2.75, 3.05) is 64.9 Å². The van der Waals surface area contributed by atoms with Gasteiger partial charge in [-0.2, -0.15) is 0 Å². The van der Waals surface area contributed by atoms with Gasteiger partial charge in [0, 0.05) is 44.3 Å². The highest BCUT2D eigenvalue weighted by Gasteiger charge is 2.30. The third-order valence-corrected chi connectivity index (χ3v) is 9.46. The molecule has 3 heterocycles. The van der Waals surface area contributed by atoms with Crippen LogP contribution in [0.3, 0.4) is 0 Å². The van der Waals surface area contributed by atoms with Gasteiger partial charge in [0.2, 0.25) is 10.0 Å². The lowest BCUT2D eigenvalue weighted by molar-refractivity contribution is 0.0220. The maximum absolute atomic E-state index is 12.9. The van der Waals surface area contributed by atoms with Crippen molar-refractivity contribution in [2.24, 2.45) is 5.73 Å². The monoisotopic (exact) mass is 540 g/mol. The molecule has 10 heteroatoms. The number of sulfonamides is 1. The van der Waals surface area contributed by atoms with E-state index >= 15 is 0 Å². The van der Waals surface area contributed by atoms with Gasteiger partial charge in [0.25, 0.3) is 5.91 Å². The van der Waals surface area contributed by atoms with E-state index < -0.39 is 15.9 Å². The Morgan fingerprint density at radius 2 is 1.76 bits per heavy atom. The van der Waals surface area contributed by atoms with Gasteiger partial charge in [-0.3, -0.25) is 9.69 Å². The minimum Gasteiger partial charge on any atom is -0.379 e. The van der Waals surface area contributed by atoms with Crippen LogP contribution in [0.5, 0.6) is 0 Å². The second-order valence-corrected chi connectivity index (χ2v) is 12.1. The summed E-state index contributed by atoms with van der Waals surface area (Å²) in [4.78, 5) is 17.8. The highest BCUT2D eigenvalue weighted by molar-refractivity contribution is 7.89. The Bertz CT molecular complexity index is 1340. The molecule has 2 aromatic carbocycles. The minimum atomic E-state index is -3.38. The summed E-state index contributed by atoms with van der Waals surface area (Å²) in [5.41, 5.74) is 9.96. The van der Waals surface area contributed by atoms with Gasteiger partial charge < -0.3 is 20.2 Å². The summed E-state index contributed by atoms with van der Waals surface area (Å²) < 4.78 is 38.4. The van der Waals surface area contributed by atoms with Crippen molar-refractivity contribution < 1.29 is 22.7 Å². The Balaban J connectivity index is 1.21. The molecule has 0 unspecified atom stereocenters. The number of morpholine rings is 1. The highest BCUT2D eigenvalue weighted by atomic mass is 32.2. The van der Waals surface area contributed by atoms with Gasteiger partial charge in [0.15, 0.2) is 0 Å². The number of aromatic amines is 1. The summed E-state index contributed by atoms with van der Waals surface area (Å²) >= 11 is 0. The van der Waals surface area contributed by atoms with Crippen molar-refractivity contribution in [3.05, 3.63) is 59.8 Å². The Morgan fingerprint density at radius 1 is 1.03 bits per heavy atom. The van der Waals surface area contributed by atoms with E-state index in [1.807, 2.05) is 42.6 Å². The lowest BCUT2D eigenvalue weighted by Crippen LogP contribution is -2.40. The first-order chi connectivity index (χ1) is 18.4. The highest BCUT2D eigenvalue weighted by Crippen LogP contribution is 2.37. The number of primary amides is 1. The fourth-order valence-corrected chi connectivity index (χ4v) is 6.79. The molecule has 2 fully saturated rings. The van der Waals surface area contributed by atoms with Crippen LogP contribution in [0.2, 0.25) is 0 Å². The summed E-state index contributed by atoms with van der Waals surface area (Å²) in [6.07, 6.45) is 3.38. The summed E-state index contributed by atoms with van der Waals surface area (Å²) in [5.74, 6) is -0.294. The van der Waals surface area contributed by atoms with Crippen LogP contribution < -0.4 is 5.73 Å². The van der Waals surface area contributed by atoms with Gasteiger partial charge in [-0.15, -0.1) is 0 Å². The van der Waals surface area contributed by atoms with Crippen LogP contribution >= 0.6 is 0 Å². The van der Waals surface area contributed by atoms with E-state index in [0.717, 1.165) is 60.4 Å². The van der Waals surface area contributed by atoms with Crippen molar-refractivity contribution in [1.82, 2.24) is 14.2 Å². The van der Waals surface area contributed by atoms with E-state index in [1.165, 1.54) is 0 Å². The number of aromatic nitrogens is 1. The van der Waals surface area contributed by atoms with Gasteiger partial charge in [-0.05, 0) is 47.6 Å². The van der Waals surface area contributed by atoms with Crippen LogP contribution in [0.15, 0.2) is 48.7 Å². The number of fused-ring (bicyclic) bond motifs is 1. The largest absolute Gasteiger partial charge is 0.379 e. The third kappa shape index (κ3) is 6.10. The molecule has 1 amide bonds. The third-order valence-electron chi connectivity index (χ3n) is 7.62. The number of hydrogen-bond donors (Lipinski definition) is 2. The number of benzene rings is 2. The molecule has 0 radical (unpaired) electrons. The fourth-order valence-electron chi connectivity index (χ4n) is 5.44. The quantitative estimate of drug-likeness (QED) is 0.382. The lowest BCUT2D eigenvalue weighted by atomic mass is 9.88. The average Bonchev–Trinajstić information content (AvgIpc) is 3.37. The van der Waals surface area contributed by atoms with Crippen LogP contribution in [0, 0.1) is 0 Å². The van der Waals surface area contributed by atoms with Crippen molar-refractivity contribution in [1.29, 1.82) is 0 Å². The number of rotatable bonds is 10. The van der Waals surface area contributed by atoms with Gasteiger partial charge in [0.1, 0.15) is 0 Å². The summed E-state index contributed by atoms with van der Waals surface area (Å²) in [7, 11) is -3.38. The molecule has 2 saturated heterocycles. The number of ether oxygens (including phenoxy) is 2. The van der Waals surface area contributed by atoms with Crippen LogP contribution in [0.4, 0.5) is 0 Å². The minimum absolute atomic E-state index is 0.00370. The second-order valence-electron chi connectivity index (χ2n) is 9.98. The average molecular weight is 541 g/mol. The molecule has 38 heavy (non-hydrogen) atoms. The molecule has 0 aliphatic carbocycles. The second kappa shape index (κ2) is 12.0. The Morgan fingerprint density at radius 3 is 2.47 bits per heavy atom. The van der Waals surface area contributed by atoms with E-state index in [9.17, 15) is 13.2 Å². The van der Waals surface area contributed by atoms with Gasteiger partial charge in [-0.25, -0.2) is 12.7 Å². The number of nitrogens with two attached hydrogens (primary N) is 1. The number of carbonyl (C=O) groups excluding carboxylic acids is 1. The maximum Gasteiger partial charge on any atom is 0.250 e. The zero-order valence-corrected chi connectivity index (χ0v) is 22.4. The van der Waals surface area contributed by atoms with Crippen molar-refractivity contribution in [2.45, 2.75) is 18.8 Å². The number of hydrogen-bond acceptors (Lipinski definition) is 6. The van der Waals surface area contributed by atoms with Crippen LogP contribution in [0.25, 0.3) is 22.0 Å². The predicted molar refractivity (Wildman–Crippen MR) is 148 cm³/mol. The zero-order chi connectivity index (χ0) is 26.5. The SMILES string of the molecule is NC(=O)c1cc(-c2ccccc2)cc2c(C3CCN(S(=O)(=O)CCOCCN4CCOCC4)CC3)c[nH]c12. The first kappa shape index (κ1) is 26.8. The molecule has 0 atom stereocenters. The van der Waals surface area contributed by atoms with Crippen molar-refractivity contribution in [3.63, 3.8) is 0 Å². The number of amides is 1. The van der Waals surface area contributed by atoms with E-state index in [4.69, 9.17) is 15.2 Å². The predicted octanol–water partition coefficient (Wildman–Crippen LogP) is 2.79. The molecule has 2 aliphatic rings. The molecular formula is C28H36N4O5S. The van der Waals surface area contributed by atoms with E-state index in [0.29, 0.717) is 38.1 Å². The number of carbonyl (C=O) groups is 1. The summed E-state index contributed by atoms with van der Waals surface area (Å²) in [5, 5.41) is 0.968. The molecule has 5 rings (SSSR count). The molecule has 0 saturated carbocycles. The Labute approximate surface area is 223 Å². The number of nitrogens with zero attached hydrogens (tertiary/aromatic N) is 2. The van der Waals surface area contributed by atoms with Crippen molar-refractivity contribution >= 4 is 26.8 Å². The van der Waals surface area contributed by atoms with Crippen molar-refractivity contribution in [3.8, 4) is 11.1 Å². The van der Waals surface area contributed by atoms with E-state index in [2.05, 4.69) is 16.0 Å². The van der Waals surface area contributed by atoms with E-state index in [1.54, 1.807) is 4.31 Å². The Hall–Kier alpha value is -2.76. The lowest BCUT2D eigenvalue weighted by Gasteiger charge is -2.31. The topological polar surface area (TPSA) is 118 Å². The first-order valence-electron chi connectivity index (χ1n) is 13.3. The summed E-state index contributed by atoms with van der Waals surface area (Å²) in [6.45, 7) is 5.72. The number of piperidine rings is 1. The molecular weight excluding hydrogens is 504 g/mol. The van der Waals surface area contributed by atoms with Gasteiger partial charge >= 0.3 is 0 Å². The standard InChI is InChI=1S/C28H36N4O5S/c29-28(33)25-19-23(21-4-2-1-3-5-21)18-24-26(20-30-27(24)25)22-6-8-32(9-7-22)38(34,35)17-16-37-15-12-31-10-13-36-14-11-31/h1-5,18-20,22,30H,6-17H2,(H2,29,33). The fraction of sp³-hybridized carbons (Fsp3) is 0.464. The van der Waals surface area contributed by atoms with E-state index in [-0.39, 0.29) is 18.3 Å². The molecule has 0 spiro atoms. The zero-order valence-electron chi connectivity index (χ0n) is 21.6. The number of H-pyrrole nitrogens is 1. The molecule has 0 bridgehead atoms. The van der Waals surface area contributed by atoms with Crippen LogP contribution in [0.1, 0.15) is 34.7 Å². The molecule has 3 aromatic rings. The summed E-state index contributed by atoms with van der Waals surface area (Å²) in [6, 6.07) is 13.8. The molecule has 9 nitrogen and oxygen atoms in total. The van der Waals surface area contributed by atoms with Gasteiger partial charge in [-0.1, -0.05) is 30.3 Å². The molecule has 1 aromatic heterocycles. The van der Waals surface area contributed by atoms with Crippen LogP contribution in [-0.4, -0.2) is 93.4 Å². The molecule has 204 valence electrons. The smallest absolute Gasteiger partial charge is 0.250 e. The number of nitrogens with one attached hydrogen (secondary N) is 1. The first-order valence-corrected chi connectivity index (χ1v) is 14.9. The van der Waals surface area contributed by atoms with Gasteiger partial charge in [0.05, 0.1) is 43.3 Å². The van der Waals surface area contributed by atoms with Crippen LogP contribution in [-0.2, 0) is 19.5 Å². The maximum atomic E-state index is 12.9. The molecule has 3 N–H and O–H groups in total. The molecule has 2 aliphatic heterocycles. The normalized spacial score (nSPS) is 18.2. The Kier molecular flexibility index (Phi) is 8.45.